The highest BCUT2D eigenvalue weighted by Gasteiger charge is 2.45. The number of nitrogens with zero attached hydrogens (tertiary/aromatic N) is 9. The SMILES string of the molecule is CC1(C(=O)Nc2cnccn2)CCCN1c1nc(Nc2cc(C3CC3)[nH]n2)nc(N2CCN(S(C)(=O)=O)CC2)n1. The molecule has 15 nitrogen and oxygen atoms in total. The molecule has 3 aliphatic rings. The van der Waals surface area contributed by atoms with Gasteiger partial charge in [0.15, 0.2) is 11.6 Å². The Bertz CT molecular complexity index is 1490. The molecule has 0 aromatic carbocycles. The number of piperazine rings is 1. The van der Waals surface area contributed by atoms with E-state index in [1.165, 1.54) is 23.0 Å². The van der Waals surface area contributed by atoms with Crippen LogP contribution in [0.25, 0.3) is 0 Å². The molecule has 16 heteroatoms. The summed E-state index contributed by atoms with van der Waals surface area (Å²) in [5, 5.41) is 13.5. The molecule has 2 aliphatic heterocycles. The molecule has 212 valence electrons. The number of sulfonamides is 1. The van der Waals surface area contributed by atoms with Gasteiger partial charge in [0.2, 0.25) is 27.9 Å². The van der Waals surface area contributed by atoms with E-state index in [1.54, 1.807) is 6.20 Å². The lowest BCUT2D eigenvalue weighted by atomic mass is 9.98. The molecule has 1 atom stereocenters. The van der Waals surface area contributed by atoms with Crippen molar-refractivity contribution in [2.75, 3.05) is 59.4 Å². The van der Waals surface area contributed by atoms with Crippen molar-refractivity contribution < 1.29 is 13.2 Å². The highest BCUT2D eigenvalue weighted by molar-refractivity contribution is 7.88. The monoisotopic (exact) mass is 568 g/mol. The third-order valence-electron chi connectivity index (χ3n) is 7.63. The van der Waals surface area contributed by atoms with Crippen LogP contribution in [0.2, 0.25) is 0 Å². The Morgan fingerprint density at radius 3 is 2.52 bits per heavy atom. The van der Waals surface area contributed by atoms with E-state index < -0.39 is 15.6 Å². The first-order valence-electron chi connectivity index (χ1n) is 13.3. The smallest absolute Gasteiger partial charge is 0.251 e. The van der Waals surface area contributed by atoms with E-state index in [9.17, 15) is 13.2 Å². The van der Waals surface area contributed by atoms with E-state index in [-0.39, 0.29) is 5.91 Å². The van der Waals surface area contributed by atoms with Crippen LogP contribution in [0.1, 0.15) is 44.2 Å². The van der Waals surface area contributed by atoms with Crippen LogP contribution in [0.4, 0.5) is 29.5 Å². The zero-order chi connectivity index (χ0) is 27.9. The summed E-state index contributed by atoms with van der Waals surface area (Å²) in [6, 6.07) is 1.96. The summed E-state index contributed by atoms with van der Waals surface area (Å²) in [5.41, 5.74) is 0.134. The molecule has 40 heavy (non-hydrogen) atoms. The summed E-state index contributed by atoms with van der Waals surface area (Å²) in [6.07, 6.45) is 9.43. The number of H-pyrrole nitrogens is 1. The minimum Gasteiger partial charge on any atom is -0.338 e. The van der Waals surface area contributed by atoms with Crippen LogP contribution in [0, 0.1) is 0 Å². The predicted octanol–water partition coefficient (Wildman–Crippen LogP) is 1.08. The molecule has 5 heterocycles. The summed E-state index contributed by atoms with van der Waals surface area (Å²) in [6.45, 7) is 3.94. The van der Waals surface area contributed by atoms with Crippen LogP contribution in [-0.2, 0) is 14.8 Å². The fourth-order valence-electron chi connectivity index (χ4n) is 5.14. The molecular weight excluding hydrogens is 536 g/mol. The molecule has 6 rings (SSSR count). The van der Waals surface area contributed by atoms with Gasteiger partial charge in [0.1, 0.15) is 5.54 Å². The first-order valence-corrected chi connectivity index (χ1v) is 15.2. The molecule has 3 N–H and O–H groups in total. The molecular formula is C24H32N12O3S. The van der Waals surface area contributed by atoms with Crippen LogP contribution in [-0.4, -0.2) is 98.3 Å². The van der Waals surface area contributed by atoms with Gasteiger partial charge in [-0.3, -0.25) is 14.9 Å². The molecule has 0 bridgehead atoms. The number of nitrogens with one attached hydrogen (secondary N) is 3. The van der Waals surface area contributed by atoms with Crippen molar-refractivity contribution >= 4 is 45.4 Å². The van der Waals surface area contributed by atoms with Gasteiger partial charge < -0.3 is 20.4 Å². The van der Waals surface area contributed by atoms with Gasteiger partial charge in [0, 0.05) is 62.8 Å². The first-order chi connectivity index (χ1) is 19.2. The van der Waals surface area contributed by atoms with E-state index in [2.05, 4.69) is 35.8 Å². The topological polar surface area (TPSA) is 178 Å². The minimum absolute atomic E-state index is 0.231. The molecule has 2 saturated heterocycles. The average Bonchev–Trinajstić information content (AvgIpc) is 3.56. The Balaban J connectivity index is 1.30. The summed E-state index contributed by atoms with van der Waals surface area (Å²) < 4.78 is 25.5. The van der Waals surface area contributed by atoms with Crippen LogP contribution in [0.5, 0.6) is 0 Å². The Labute approximate surface area is 231 Å². The third kappa shape index (κ3) is 5.40. The molecule has 0 spiro atoms. The van der Waals surface area contributed by atoms with Crippen molar-refractivity contribution in [1.29, 1.82) is 0 Å². The summed E-state index contributed by atoms with van der Waals surface area (Å²) in [4.78, 5) is 39.7. The molecule has 1 aliphatic carbocycles. The van der Waals surface area contributed by atoms with E-state index in [1.807, 2.05) is 22.8 Å². The number of aromatic amines is 1. The van der Waals surface area contributed by atoms with E-state index >= 15 is 0 Å². The van der Waals surface area contributed by atoms with Gasteiger partial charge in [-0.25, -0.2) is 13.4 Å². The fraction of sp³-hybridized carbons (Fsp3) is 0.542. The zero-order valence-electron chi connectivity index (χ0n) is 22.4. The van der Waals surface area contributed by atoms with Crippen LogP contribution in [0.15, 0.2) is 24.7 Å². The Morgan fingerprint density at radius 2 is 1.82 bits per heavy atom. The number of hydrogen-bond donors (Lipinski definition) is 3. The average molecular weight is 569 g/mol. The highest BCUT2D eigenvalue weighted by Crippen LogP contribution is 2.40. The van der Waals surface area contributed by atoms with Crippen molar-refractivity contribution in [2.45, 2.75) is 44.1 Å². The van der Waals surface area contributed by atoms with Gasteiger partial charge in [-0.05, 0) is 32.6 Å². The summed E-state index contributed by atoms with van der Waals surface area (Å²) in [5.74, 6) is 2.29. The van der Waals surface area contributed by atoms with Crippen molar-refractivity contribution in [2.24, 2.45) is 0 Å². The molecule has 0 radical (unpaired) electrons. The molecule has 1 amide bonds. The highest BCUT2D eigenvalue weighted by atomic mass is 32.2. The van der Waals surface area contributed by atoms with Crippen molar-refractivity contribution in [3.05, 3.63) is 30.4 Å². The standard InChI is InChI=1S/C24H32N12O3S/c1-24(20(37)27-19-15-25-7-8-26-19)6-3-9-36(24)23-30-21(28-18-14-17(32-33-18)16-4-5-16)29-22(31-23)34-10-12-35(13-11-34)40(2,38)39/h7-8,14-16H,3-6,9-13H2,1-2H3,(H,26,27,37)(H2,28,29,30,31,32,33). The lowest BCUT2D eigenvalue weighted by molar-refractivity contribution is -0.120. The maximum absolute atomic E-state index is 13.5. The van der Waals surface area contributed by atoms with E-state index in [4.69, 9.17) is 9.97 Å². The van der Waals surface area contributed by atoms with Crippen LogP contribution >= 0.6 is 0 Å². The normalized spacial score (nSPS) is 21.9. The predicted molar refractivity (Wildman–Crippen MR) is 148 cm³/mol. The number of rotatable bonds is 8. The fourth-order valence-corrected chi connectivity index (χ4v) is 5.97. The second-order valence-corrected chi connectivity index (χ2v) is 12.6. The van der Waals surface area contributed by atoms with Crippen LogP contribution < -0.4 is 20.4 Å². The lowest BCUT2D eigenvalue weighted by Crippen LogP contribution is -2.52. The second kappa shape index (κ2) is 10.2. The molecule has 1 unspecified atom stereocenters. The van der Waals surface area contributed by atoms with Gasteiger partial charge in [0.25, 0.3) is 5.91 Å². The van der Waals surface area contributed by atoms with E-state index in [0.717, 1.165) is 25.0 Å². The number of hydrogen-bond acceptors (Lipinski definition) is 12. The first kappa shape index (κ1) is 26.3. The van der Waals surface area contributed by atoms with Gasteiger partial charge in [0.05, 0.1) is 12.5 Å². The lowest BCUT2D eigenvalue weighted by Gasteiger charge is -2.35. The number of amides is 1. The van der Waals surface area contributed by atoms with E-state index in [0.29, 0.717) is 74.5 Å². The second-order valence-electron chi connectivity index (χ2n) is 10.6. The van der Waals surface area contributed by atoms with Crippen LogP contribution in [0.3, 0.4) is 0 Å². The number of anilines is 5. The molecule has 3 aromatic rings. The van der Waals surface area contributed by atoms with Gasteiger partial charge >= 0.3 is 0 Å². The van der Waals surface area contributed by atoms with Gasteiger partial charge in [-0.15, -0.1) is 0 Å². The van der Waals surface area contributed by atoms with Crippen molar-refractivity contribution in [3.8, 4) is 0 Å². The van der Waals surface area contributed by atoms with Crippen molar-refractivity contribution in [1.82, 2.24) is 39.4 Å². The summed E-state index contributed by atoms with van der Waals surface area (Å²) in [7, 11) is -3.28. The van der Waals surface area contributed by atoms with Gasteiger partial charge in [-0.1, -0.05) is 0 Å². The maximum atomic E-state index is 13.5. The summed E-state index contributed by atoms with van der Waals surface area (Å²) >= 11 is 0. The number of aromatic nitrogens is 7. The maximum Gasteiger partial charge on any atom is 0.251 e. The van der Waals surface area contributed by atoms with Crippen molar-refractivity contribution in [3.63, 3.8) is 0 Å². The number of carbonyl (C=O) groups is 1. The Hall–Kier alpha value is -3.92. The molecule has 3 fully saturated rings. The zero-order valence-corrected chi connectivity index (χ0v) is 23.2. The quantitative estimate of drug-likeness (QED) is 0.353. The van der Waals surface area contributed by atoms with Gasteiger partial charge in [-0.2, -0.15) is 24.4 Å². The Kier molecular flexibility index (Phi) is 6.74. The third-order valence-corrected chi connectivity index (χ3v) is 8.94. The molecule has 3 aromatic heterocycles. The number of carbonyl (C=O) groups excluding carboxylic acids is 1. The molecule has 1 saturated carbocycles. The minimum atomic E-state index is -3.28. The largest absolute Gasteiger partial charge is 0.338 e. The Morgan fingerprint density at radius 1 is 1.05 bits per heavy atom.